The first kappa shape index (κ1) is 26.2. The standard InChI is InChI=1S/C23H26F3N5O3S/c1-23(2,3)21-11-17(31(30-21)16-7-8-18(24)20(26)10-16)13-27-22(32)29-15-6-5-14(19(25)9-15)12-28-35(4,33)34/h5-11,28H,12-13H2,1-4H3,(H2,27,29,32). The summed E-state index contributed by atoms with van der Waals surface area (Å²) in [6.07, 6.45) is 0.966. The second-order valence-electron chi connectivity index (χ2n) is 8.99. The van der Waals surface area contributed by atoms with Gasteiger partial charge < -0.3 is 10.6 Å². The largest absolute Gasteiger partial charge is 0.332 e. The Kier molecular flexibility index (Phi) is 7.56. The number of aromatic nitrogens is 2. The van der Waals surface area contributed by atoms with Crippen molar-refractivity contribution in [3.63, 3.8) is 0 Å². The molecule has 35 heavy (non-hydrogen) atoms. The maximum Gasteiger partial charge on any atom is 0.319 e. The Morgan fingerprint density at radius 3 is 2.29 bits per heavy atom. The molecule has 0 spiro atoms. The lowest BCUT2D eigenvalue weighted by molar-refractivity contribution is 0.251. The lowest BCUT2D eigenvalue weighted by atomic mass is 9.92. The summed E-state index contributed by atoms with van der Waals surface area (Å²) in [6.45, 7) is 5.60. The van der Waals surface area contributed by atoms with Crippen molar-refractivity contribution in [3.8, 4) is 5.69 Å². The number of amides is 2. The van der Waals surface area contributed by atoms with Gasteiger partial charge in [-0.15, -0.1) is 0 Å². The van der Waals surface area contributed by atoms with Gasteiger partial charge in [0.15, 0.2) is 11.6 Å². The summed E-state index contributed by atoms with van der Waals surface area (Å²) in [5.41, 5.74) is 1.42. The fourth-order valence-electron chi connectivity index (χ4n) is 3.08. The van der Waals surface area contributed by atoms with Crippen LogP contribution in [0.2, 0.25) is 0 Å². The van der Waals surface area contributed by atoms with Gasteiger partial charge in [-0.1, -0.05) is 26.8 Å². The van der Waals surface area contributed by atoms with Crippen molar-refractivity contribution in [1.29, 1.82) is 0 Å². The smallest absolute Gasteiger partial charge is 0.319 e. The van der Waals surface area contributed by atoms with Gasteiger partial charge in [-0.3, -0.25) is 0 Å². The lowest BCUT2D eigenvalue weighted by Gasteiger charge is -2.14. The maximum atomic E-state index is 14.3. The van der Waals surface area contributed by atoms with Crippen molar-refractivity contribution < 1.29 is 26.4 Å². The van der Waals surface area contributed by atoms with Crippen LogP contribution in [-0.2, 0) is 28.5 Å². The van der Waals surface area contributed by atoms with Crippen molar-refractivity contribution in [2.45, 2.75) is 39.3 Å². The fourth-order valence-corrected chi connectivity index (χ4v) is 3.49. The monoisotopic (exact) mass is 509 g/mol. The fraction of sp³-hybridized carbons (Fsp3) is 0.304. The van der Waals surface area contributed by atoms with Gasteiger partial charge in [-0.05, 0) is 30.3 Å². The molecule has 0 atom stereocenters. The third kappa shape index (κ3) is 7.06. The van der Waals surface area contributed by atoms with Crippen LogP contribution in [0.25, 0.3) is 5.69 Å². The van der Waals surface area contributed by atoms with Crippen molar-refractivity contribution >= 4 is 21.7 Å². The van der Waals surface area contributed by atoms with Crippen LogP contribution in [0, 0.1) is 17.5 Å². The molecule has 0 bridgehead atoms. The van der Waals surface area contributed by atoms with Gasteiger partial charge >= 0.3 is 6.03 Å². The van der Waals surface area contributed by atoms with Gasteiger partial charge in [0.1, 0.15) is 5.82 Å². The topological polar surface area (TPSA) is 105 Å². The molecule has 0 aliphatic heterocycles. The van der Waals surface area contributed by atoms with Crippen molar-refractivity contribution in [3.05, 3.63) is 76.9 Å². The SMILES string of the molecule is CC(C)(C)c1cc(CNC(=O)Nc2ccc(CNS(C)(=O)=O)c(F)c2)n(-c2ccc(F)c(F)c2)n1. The van der Waals surface area contributed by atoms with E-state index in [9.17, 15) is 26.4 Å². The van der Waals surface area contributed by atoms with E-state index in [0.717, 1.165) is 24.5 Å². The molecule has 3 aromatic rings. The van der Waals surface area contributed by atoms with Gasteiger partial charge in [-0.25, -0.2) is 35.8 Å². The Bertz CT molecular complexity index is 1350. The number of sulfonamides is 1. The van der Waals surface area contributed by atoms with E-state index in [0.29, 0.717) is 11.4 Å². The number of nitrogens with one attached hydrogen (secondary N) is 3. The second kappa shape index (κ2) is 10.1. The van der Waals surface area contributed by atoms with Crippen molar-refractivity contribution in [1.82, 2.24) is 19.8 Å². The molecule has 1 aromatic heterocycles. The zero-order chi connectivity index (χ0) is 26.0. The Morgan fingerprint density at radius 1 is 0.971 bits per heavy atom. The minimum absolute atomic E-state index is 0.00719. The summed E-state index contributed by atoms with van der Waals surface area (Å²) in [7, 11) is -3.48. The Morgan fingerprint density at radius 2 is 1.69 bits per heavy atom. The van der Waals surface area contributed by atoms with Gasteiger partial charge in [0, 0.05) is 29.3 Å². The summed E-state index contributed by atoms with van der Waals surface area (Å²) >= 11 is 0. The predicted molar refractivity (Wildman–Crippen MR) is 126 cm³/mol. The molecular formula is C23H26F3N5O3S. The van der Waals surface area contributed by atoms with Crippen LogP contribution < -0.4 is 15.4 Å². The molecule has 188 valence electrons. The molecule has 0 unspecified atom stereocenters. The van der Waals surface area contributed by atoms with Crippen LogP contribution in [0.3, 0.4) is 0 Å². The quantitative estimate of drug-likeness (QED) is 0.448. The van der Waals surface area contributed by atoms with Crippen LogP contribution in [0.15, 0.2) is 42.5 Å². The first-order chi connectivity index (χ1) is 16.2. The molecule has 0 fully saturated rings. The van der Waals surface area contributed by atoms with E-state index in [-0.39, 0.29) is 35.4 Å². The number of carbonyl (C=O) groups excluding carboxylic acids is 1. The maximum absolute atomic E-state index is 14.3. The summed E-state index contributed by atoms with van der Waals surface area (Å²) in [5, 5.41) is 9.63. The highest BCUT2D eigenvalue weighted by atomic mass is 32.2. The average molecular weight is 510 g/mol. The highest BCUT2D eigenvalue weighted by molar-refractivity contribution is 7.88. The Hall–Kier alpha value is -3.38. The van der Waals surface area contributed by atoms with E-state index in [2.05, 4.69) is 20.5 Å². The van der Waals surface area contributed by atoms with Crippen LogP contribution in [0.5, 0.6) is 0 Å². The molecule has 1 heterocycles. The third-order valence-corrected chi connectivity index (χ3v) is 5.63. The molecule has 0 saturated heterocycles. The zero-order valence-electron chi connectivity index (χ0n) is 19.6. The number of rotatable bonds is 7. The molecule has 0 saturated carbocycles. The number of anilines is 1. The van der Waals surface area contributed by atoms with E-state index in [1.165, 1.54) is 22.9 Å². The number of hydrogen-bond acceptors (Lipinski definition) is 4. The molecule has 0 radical (unpaired) electrons. The molecule has 2 aromatic carbocycles. The van der Waals surface area contributed by atoms with Gasteiger partial charge in [0.2, 0.25) is 10.0 Å². The number of carbonyl (C=O) groups is 1. The van der Waals surface area contributed by atoms with E-state index in [4.69, 9.17) is 0 Å². The van der Waals surface area contributed by atoms with Crippen LogP contribution in [0.1, 0.15) is 37.7 Å². The summed E-state index contributed by atoms with van der Waals surface area (Å²) < 4.78 is 67.4. The highest BCUT2D eigenvalue weighted by Gasteiger charge is 2.21. The molecule has 0 aliphatic rings. The number of urea groups is 1. The molecule has 3 rings (SSSR count). The zero-order valence-corrected chi connectivity index (χ0v) is 20.4. The lowest BCUT2D eigenvalue weighted by Crippen LogP contribution is -2.29. The van der Waals surface area contributed by atoms with Gasteiger partial charge in [-0.2, -0.15) is 5.10 Å². The van der Waals surface area contributed by atoms with Gasteiger partial charge in [0.05, 0.1) is 29.9 Å². The average Bonchev–Trinajstić information content (AvgIpc) is 3.18. The predicted octanol–water partition coefficient (Wildman–Crippen LogP) is 3.96. The summed E-state index contributed by atoms with van der Waals surface area (Å²) in [6, 6.07) is 8.37. The molecule has 3 N–H and O–H groups in total. The first-order valence-electron chi connectivity index (χ1n) is 10.6. The van der Waals surface area contributed by atoms with Crippen molar-refractivity contribution in [2.75, 3.05) is 11.6 Å². The molecule has 0 aliphatic carbocycles. The van der Waals surface area contributed by atoms with Crippen LogP contribution in [0.4, 0.5) is 23.7 Å². The number of halogens is 3. The van der Waals surface area contributed by atoms with Crippen LogP contribution >= 0.6 is 0 Å². The molecule has 8 nitrogen and oxygen atoms in total. The number of hydrogen-bond donors (Lipinski definition) is 3. The number of benzene rings is 2. The van der Waals surface area contributed by atoms with E-state index >= 15 is 0 Å². The highest BCUT2D eigenvalue weighted by Crippen LogP contribution is 2.24. The third-order valence-electron chi connectivity index (χ3n) is 4.97. The molecular weight excluding hydrogens is 483 g/mol. The molecule has 12 heteroatoms. The van der Waals surface area contributed by atoms with E-state index < -0.39 is 33.5 Å². The molecule has 2 amide bonds. The van der Waals surface area contributed by atoms with E-state index in [1.807, 2.05) is 20.8 Å². The van der Waals surface area contributed by atoms with Crippen LogP contribution in [-0.4, -0.2) is 30.5 Å². The second-order valence-corrected chi connectivity index (χ2v) is 10.8. The normalized spacial score (nSPS) is 12.0. The van der Waals surface area contributed by atoms with Gasteiger partial charge in [0.25, 0.3) is 0 Å². The summed E-state index contributed by atoms with van der Waals surface area (Å²) in [5.74, 6) is -2.70. The minimum Gasteiger partial charge on any atom is -0.332 e. The Balaban J connectivity index is 1.73. The Labute approximate surface area is 201 Å². The van der Waals surface area contributed by atoms with Crippen molar-refractivity contribution in [2.24, 2.45) is 0 Å². The summed E-state index contributed by atoms with van der Waals surface area (Å²) in [4.78, 5) is 12.4. The number of nitrogens with zero attached hydrogens (tertiary/aromatic N) is 2. The first-order valence-corrected chi connectivity index (χ1v) is 12.4. The van der Waals surface area contributed by atoms with E-state index in [1.54, 1.807) is 6.07 Å². The minimum atomic E-state index is -3.48.